The molecule has 0 aliphatic carbocycles. The van der Waals surface area contributed by atoms with Gasteiger partial charge in [-0.3, -0.25) is 4.79 Å². The summed E-state index contributed by atoms with van der Waals surface area (Å²) >= 11 is 0. The first-order valence-corrected chi connectivity index (χ1v) is 7.80. The van der Waals surface area contributed by atoms with Crippen LogP contribution in [-0.4, -0.2) is 65.2 Å². The molecule has 0 aromatic heterocycles. The number of hydrogen-bond donors (Lipinski definition) is 2. The molecule has 122 valence electrons. The molecule has 2 N–H and O–H groups in total. The number of nitrogens with one attached hydrogen (secondary N) is 1. The van der Waals surface area contributed by atoms with Crippen molar-refractivity contribution >= 4 is 12.0 Å². The quantitative estimate of drug-likeness (QED) is 0.703. The molecule has 1 fully saturated rings. The minimum absolute atomic E-state index is 0.0293. The highest BCUT2D eigenvalue weighted by Gasteiger charge is 2.26. The van der Waals surface area contributed by atoms with Gasteiger partial charge in [0.25, 0.3) is 0 Å². The van der Waals surface area contributed by atoms with Crippen LogP contribution in [0.15, 0.2) is 0 Å². The van der Waals surface area contributed by atoms with E-state index in [0.717, 1.165) is 13.0 Å². The number of amides is 2. The van der Waals surface area contributed by atoms with Crippen LogP contribution in [0.3, 0.4) is 0 Å². The van der Waals surface area contributed by atoms with Crippen LogP contribution in [0.2, 0.25) is 0 Å². The predicted molar refractivity (Wildman–Crippen MR) is 82.4 cm³/mol. The zero-order chi connectivity index (χ0) is 15.9. The third-order valence-corrected chi connectivity index (χ3v) is 3.73. The molecular formula is C15H29N3O3. The Kier molecular flexibility index (Phi) is 6.95. The number of hydrogen-bond acceptors (Lipinski definition) is 3. The van der Waals surface area contributed by atoms with Crippen LogP contribution >= 0.6 is 0 Å². The van der Waals surface area contributed by atoms with E-state index < -0.39 is 5.97 Å². The Morgan fingerprint density at radius 1 is 1.24 bits per heavy atom. The van der Waals surface area contributed by atoms with E-state index in [1.165, 1.54) is 25.9 Å². The maximum atomic E-state index is 12.2. The minimum Gasteiger partial charge on any atom is -0.481 e. The van der Waals surface area contributed by atoms with Gasteiger partial charge in [0.2, 0.25) is 0 Å². The van der Waals surface area contributed by atoms with E-state index >= 15 is 0 Å². The molecular weight excluding hydrogens is 270 g/mol. The number of carboxylic acids is 1. The molecule has 0 bridgehead atoms. The van der Waals surface area contributed by atoms with Crippen LogP contribution in [0.5, 0.6) is 0 Å². The lowest BCUT2D eigenvalue weighted by Crippen LogP contribution is -2.51. The zero-order valence-corrected chi connectivity index (χ0v) is 13.5. The van der Waals surface area contributed by atoms with Crippen LogP contribution in [0.1, 0.15) is 46.5 Å². The van der Waals surface area contributed by atoms with Gasteiger partial charge < -0.3 is 20.2 Å². The third-order valence-electron chi connectivity index (χ3n) is 3.73. The third kappa shape index (κ3) is 6.80. The Balaban J connectivity index is 2.32. The van der Waals surface area contributed by atoms with Crippen molar-refractivity contribution in [3.05, 3.63) is 0 Å². The highest BCUT2D eigenvalue weighted by atomic mass is 16.4. The van der Waals surface area contributed by atoms with Gasteiger partial charge in [-0.15, -0.1) is 0 Å². The highest BCUT2D eigenvalue weighted by Crippen LogP contribution is 2.14. The fourth-order valence-electron chi connectivity index (χ4n) is 2.55. The van der Waals surface area contributed by atoms with Gasteiger partial charge in [0.05, 0.1) is 6.42 Å². The van der Waals surface area contributed by atoms with Gasteiger partial charge in [-0.1, -0.05) is 0 Å². The van der Waals surface area contributed by atoms with Crippen LogP contribution in [0.4, 0.5) is 4.79 Å². The second-order valence-electron chi connectivity index (χ2n) is 6.60. The van der Waals surface area contributed by atoms with Crippen molar-refractivity contribution in [2.75, 3.05) is 32.7 Å². The Labute approximate surface area is 127 Å². The van der Waals surface area contributed by atoms with Gasteiger partial charge in [-0.25, -0.2) is 4.79 Å². The number of likely N-dealkylation sites (tertiary alicyclic amines) is 1. The SMILES string of the molecule is CC(C)(C)N(CCC(=O)O)C(=O)NCCCN1CCCC1. The van der Waals surface area contributed by atoms with Gasteiger partial charge in [0, 0.05) is 18.6 Å². The lowest BCUT2D eigenvalue weighted by atomic mass is 10.1. The van der Waals surface area contributed by atoms with Gasteiger partial charge in [0.1, 0.15) is 0 Å². The van der Waals surface area contributed by atoms with Gasteiger partial charge in [-0.05, 0) is 59.7 Å². The molecule has 0 aromatic rings. The maximum absolute atomic E-state index is 12.2. The van der Waals surface area contributed by atoms with Gasteiger partial charge in [0.15, 0.2) is 0 Å². The summed E-state index contributed by atoms with van der Waals surface area (Å²) in [5.41, 5.74) is -0.380. The van der Waals surface area contributed by atoms with Gasteiger partial charge >= 0.3 is 12.0 Å². The first kappa shape index (κ1) is 17.8. The summed E-state index contributed by atoms with van der Waals surface area (Å²) in [6, 6.07) is -0.176. The molecule has 1 aliphatic heterocycles. The molecule has 6 nitrogen and oxygen atoms in total. The molecule has 0 unspecified atom stereocenters. The summed E-state index contributed by atoms with van der Waals surface area (Å²) in [4.78, 5) is 26.9. The van der Waals surface area contributed by atoms with E-state index in [1.807, 2.05) is 20.8 Å². The lowest BCUT2D eigenvalue weighted by molar-refractivity contribution is -0.137. The number of carbonyl (C=O) groups is 2. The smallest absolute Gasteiger partial charge is 0.317 e. The van der Waals surface area contributed by atoms with E-state index in [2.05, 4.69) is 10.2 Å². The fraction of sp³-hybridized carbons (Fsp3) is 0.867. The first-order chi connectivity index (χ1) is 9.80. The molecule has 0 radical (unpaired) electrons. The summed E-state index contributed by atoms with van der Waals surface area (Å²) in [7, 11) is 0. The molecule has 1 saturated heterocycles. The van der Waals surface area contributed by atoms with Crippen molar-refractivity contribution in [3.63, 3.8) is 0 Å². The molecule has 2 amide bonds. The number of carboxylic acid groups (broad SMARTS) is 1. The Morgan fingerprint density at radius 2 is 1.86 bits per heavy atom. The Bertz CT molecular complexity index is 347. The molecule has 1 rings (SSSR count). The Hall–Kier alpha value is -1.30. The fourth-order valence-corrected chi connectivity index (χ4v) is 2.55. The van der Waals surface area contributed by atoms with Gasteiger partial charge in [-0.2, -0.15) is 0 Å². The van der Waals surface area contributed by atoms with Crippen molar-refractivity contribution in [3.8, 4) is 0 Å². The monoisotopic (exact) mass is 299 g/mol. The maximum Gasteiger partial charge on any atom is 0.317 e. The van der Waals surface area contributed by atoms with E-state index in [9.17, 15) is 9.59 Å². The average molecular weight is 299 g/mol. The van der Waals surface area contributed by atoms with Crippen LogP contribution in [0.25, 0.3) is 0 Å². The minimum atomic E-state index is -0.883. The summed E-state index contributed by atoms with van der Waals surface area (Å²) in [6.45, 7) is 9.97. The first-order valence-electron chi connectivity index (χ1n) is 7.80. The molecule has 0 aromatic carbocycles. The topological polar surface area (TPSA) is 72.9 Å². The largest absolute Gasteiger partial charge is 0.481 e. The average Bonchev–Trinajstić information content (AvgIpc) is 2.85. The van der Waals surface area contributed by atoms with Crippen LogP contribution in [-0.2, 0) is 4.79 Å². The second kappa shape index (κ2) is 8.22. The number of nitrogens with zero attached hydrogens (tertiary/aromatic N) is 2. The second-order valence-corrected chi connectivity index (χ2v) is 6.60. The van der Waals surface area contributed by atoms with Crippen molar-refractivity contribution in [1.82, 2.24) is 15.1 Å². The zero-order valence-electron chi connectivity index (χ0n) is 13.5. The van der Waals surface area contributed by atoms with E-state index in [4.69, 9.17) is 5.11 Å². The van der Waals surface area contributed by atoms with Crippen molar-refractivity contribution < 1.29 is 14.7 Å². The van der Waals surface area contributed by atoms with Crippen molar-refractivity contribution in [2.45, 2.75) is 52.0 Å². The number of urea groups is 1. The molecule has 1 heterocycles. The normalized spacial score (nSPS) is 16.0. The summed E-state index contributed by atoms with van der Waals surface area (Å²) in [6.07, 6.45) is 3.46. The molecule has 0 spiro atoms. The lowest BCUT2D eigenvalue weighted by Gasteiger charge is -2.35. The van der Waals surface area contributed by atoms with Crippen molar-refractivity contribution in [2.24, 2.45) is 0 Å². The molecule has 0 atom stereocenters. The van der Waals surface area contributed by atoms with E-state index in [-0.39, 0.29) is 24.5 Å². The van der Waals surface area contributed by atoms with Crippen LogP contribution < -0.4 is 5.32 Å². The number of aliphatic carboxylic acids is 1. The molecule has 1 aliphatic rings. The number of carbonyl (C=O) groups excluding carboxylic acids is 1. The standard InChI is InChI=1S/C15H29N3O3/c1-15(2,3)18(12-7-13(19)20)14(21)16-8-6-11-17-9-4-5-10-17/h4-12H2,1-3H3,(H,16,21)(H,19,20). The van der Waals surface area contributed by atoms with E-state index in [1.54, 1.807) is 4.90 Å². The predicted octanol–water partition coefficient (Wildman–Crippen LogP) is 1.76. The molecule has 0 saturated carbocycles. The van der Waals surface area contributed by atoms with Crippen LogP contribution in [0, 0.1) is 0 Å². The summed E-state index contributed by atoms with van der Waals surface area (Å²) < 4.78 is 0. The molecule has 21 heavy (non-hydrogen) atoms. The summed E-state index contributed by atoms with van der Waals surface area (Å²) in [5, 5.41) is 11.7. The Morgan fingerprint density at radius 3 is 2.38 bits per heavy atom. The molecule has 6 heteroatoms. The number of rotatable bonds is 7. The van der Waals surface area contributed by atoms with Crippen molar-refractivity contribution in [1.29, 1.82) is 0 Å². The highest BCUT2D eigenvalue weighted by molar-refractivity contribution is 5.76. The van der Waals surface area contributed by atoms with E-state index in [0.29, 0.717) is 6.54 Å². The summed E-state index contributed by atoms with van der Waals surface area (Å²) in [5.74, 6) is -0.883.